The summed E-state index contributed by atoms with van der Waals surface area (Å²) in [6.07, 6.45) is 0. The molecule has 0 spiro atoms. The van der Waals surface area contributed by atoms with Crippen molar-refractivity contribution in [2.75, 3.05) is 6.79 Å². The van der Waals surface area contributed by atoms with Gasteiger partial charge >= 0.3 is 0 Å². The molecule has 0 bridgehead atoms. The molecular weight excluding hydrogens is 198 g/mol. The Balaban J connectivity index is 2.13. The third kappa shape index (κ3) is 2.02. The van der Waals surface area contributed by atoms with Gasteiger partial charge in [0.2, 0.25) is 12.7 Å². The Labute approximate surface area is 86.8 Å². The van der Waals surface area contributed by atoms with Gasteiger partial charge in [-0.05, 0) is 17.7 Å². The highest BCUT2D eigenvalue weighted by Gasteiger charge is 2.14. The summed E-state index contributed by atoms with van der Waals surface area (Å²) in [6, 6.07) is 5.28. The number of rotatable bonds is 2. The topological polar surface area (TPSA) is 59.0 Å². The third-order valence-corrected chi connectivity index (χ3v) is 2.13. The molecule has 0 fully saturated rings. The Morgan fingerprint density at radius 2 is 2.20 bits per heavy atom. The molecule has 0 saturated heterocycles. The average Bonchev–Trinajstić information content (AvgIpc) is 2.64. The van der Waals surface area contributed by atoms with Gasteiger partial charge in [0.1, 0.15) is 0 Å². The summed E-state index contributed by atoms with van der Waals surface area (Å²) in [5.41, 5.74) is 0.789. The van der Waals surface area contributed by atoms with E-state index in [0.29, 0.717) is 16.6 Å². The number of hydrogen-bond acceptors (Lipinski definition) is 4. The molecule has 1 aliphatic rings. The molecule has 5 heteroatoms. The molecule has 0 saturated carbocycles. The van der Waals surface area contributed by atoms with E-state index in [1.54, 1.807) is 18.2 Å². The van der Waals surface area contributed by atoms with E-state index in [9.17, 15) is 10.0 Å². The van der Waals surface area contributed by atoms with E-state index in [2.05, 4.69) is 0 Å². The van der Waals surface area contributed by atoms with Crippen LogP contribution in [-0.2, 0) is 11.3 Å². The minimum Gasteiger partial charge on any atom is -0.454 e. The van der Waals surface area contributed by atoms with Gasteiger partial charge in [-0.2, -0.15) is 0 Å². The number of benzene rings is 1. The second kappa shape index (κ2) is 3.78. The first-order valence-corrected chi connectivity index (χ1v) is 4.52. The quantitative estimate of drug-likeness (QED) is 0.586. The Kier molecular flexibility index (Phi) is 2.47. The third-order valence-electron chi connectivity index (χ3n) is 2.13. The summed E-state index contributed by atoms with van der Waals surface area (Å²) in [4.78, 5) is 10.8. The Hall–Kier alpha value is -1.75. The van der Waals surface area contributed by atoms with Crippen LogP contribution in [0.4, 0.5) is 0 Å². The van der Waals surface area contributed by atoms with Crippen molar-refractivity contribution in [3.8, 4) is 11.5 Å². The molecule has 1 heterocycles. The number of fused-ring (bicyclic) bond motifs is 1. The second-order valence-electron chi connectivity index (χ2n) is 3.26. The minimum atomic E-state index is -0.396. The first kappa shape index (κ1) is 9.79. The first-order chi connectivity index (χ1) is 7.16. The maximum absolute atomic E-state index is 10.8. The molecule has 0 radical (unpaired) electrons. The highest BCUT2D eigenvalue weighted by Crippen LogP contribution is 2.32. The van der Waals surface area contributed by atoms with Gasteiger partial charge in [-0.25, -0.2) is 5.06 Å². The fourth-order valence-corrected chi connectivity index (χ4v) is 1.32. The van der Waals surface area contributed by atoms with Gasteiger partial charge in [0.25, 0.3) is 0 Å². The van der Waals surface area contributed by atoms with Gasteiger partial charge in [-0.3, -0.25) is 10.0 Å². The molecule has 0 atom stereocenters. The molecule has 0 unspecified atom stereocenters. The van der Waals surface area contributed by atoms with Crippen molar-refractivity contribution < 1.29 is 19.5 Å². The second-order valence-corrected chi connectivity index (χ2v) is 3.26. The number of hydrogen-bond donors (Lipinski definition) is 1. The smallest absolute Gasteiger partial charge is 0.243 e. The SMILES string of the molecule is CC(=O)N(O)Cc1ccc2c(c1)OCO2. The lowest BCUT2D eigenvalue weighted by Gasteiger charge is -2.12. The lowest BCUT2D eigenvalue weighted by atomic mass is 10.2. The Morgan fingerprint density at radius 3 is 2.93 bits per heavy atom. The van der Waals surface area contributed by atoms with Crippen LogP contribution in [0, 0.1) is 0 Å². The monoisotopic (exact) mass is 209 g/mol. The average molecular weight is 209 g/mol. The van der Waals surface area contributed by atoms with Gasteiger partial charge in [0.15, 0.2) is 11.5 Å². The van der Waals surface area contributed by atoms with Gasteiger partial charge in [-0.1, -0.05) is 6.07 Å². The number of carbonyl (C=O) groups is 1. The molecule has 2 rings (SSSR count). The summed E-state index contributed by atoms with van der Waals surface area (Å²) in [5, 5.41) is 9.89. The molecule has 80 valence electrons. The van der Waals surface area contributed by atoms with Crippen molar-refractivity contribution >= 4 is 5.91 Å². The van der Waals surface area contributed by atoms with Gasteiger partial charge < -0.3 is 9.47 Å². The van der Waals surface area contributed by atoms with Crippen LogP contribution in [0.3, 0.4) is 0 Å². The number of nitrogens with zero attached hydrogens (tertiary/aromatic N) is 1. The lowest BCUT2D eigenvalue weighted by Crippen LogP contribution is -2.23. The van der Waals surface area contributed by atoms with Crippen LogP contribution in [0.25, 0.3) is 0 Å². The van der Waals surface area contributed by atoms with Crippen molar-refractivity contribution in [1.29, 1.82) is 0 Å². The summed E-state index contributed by atoms with van der Waals surface area (Å²) >= 11 is 0. The van der Waals surface area contributed by atoms with Crippen molar-refractivity contribution in [3.05, 3.63) is 23.8 Å². The molecule has 1 aliphatic heterocycles. The molecular formula is C10H11NO4. The number of ether oxygens (including phenoxy) is 2. The van der Waals surface area contributed by atoms with Crippen molar-refractivity contribution in [2.45, 2.75) is 13.5 Å². The first-order valence-electron chi connectivity index (χ1n) is 4.52. The fourth-order valence-electron chi connectivity index (χ4n) is 1.32. The molecule has 15 heavy (non-hydrogen) atoms. The number of carbonyl (C=O) groups excluding carboxylic acids is 1. The zero-order valence-electron chi connectivity index (χ0n) is 8.27. The predicted molar refractivity (Wildman–Crippen MR) is 50.6 cm³/mol. The molecule has 1 aromatic rings. The minimum absolute atomic E-state index is 0.145. The van der Waals surface area contributed by atoms with Gasteiger partial charge in [0.05, 0.1) is 6.54 Å². The zero-order valence-corrected chi connectivity index (χ0v) is 8.27. The van der Waals surface area contributed by atoms with E-state index in [4.69, 9.17) is 9.47 Å². The van der Waals surface area contributed by atoms with E-state index < -0.39 is 5.91 Å². The molecule has 1 amide bonds. The maximum Gasteiger partial charge on any atom is 0.243 e. The van der Waals surface area contributed by atoms with Gasteiger partial charge in [-0.15, -0.1) is 0 Å². The molecule has 1 aromatic carbocycles. The van der Waals surface area contributed by atoms with Crippen LogP contribution in [0.15, 0.2) is 18.2 Å². The molecule has 5 nitrogen and oxygen atoms in total. The van der Waals surface area contributed by atoms with Gasteiger partial charge in [0, 0.05) is 6.92 Å². The van der Waals surface area contributed by atoms with E-state index >= 15 is 0 Å². The summed E-state index contributed by atoms with van der Waals surface area (Å²) in [7, 11) is 0. The normalized spacial score (nSPS) is 12.7. The largest absolute Gasteiger partial charge is 0.454 e. The maximum atomic E-state index is 10.8. The van der Waals surface area contributed by atoms with Crippen LogP contribution in [0.1, 0.15) is 12.5 Å². The Bertz CT molecular complexity index is 391. The number of hydroxylamine groups is 2. The fraction of sp³-hybridized carbons (Fsp3) is 0.300. The van der Waals surface area contributed by atoms with Crippen LogP contribution in [0.5, 0.6) is 11.5 Å². The lowest BCUT2D eigenvalue weighted by molar-refractivity contribution is -0.165. The van der Waals surface area contributed by atoms with Crippen LogP contribution >= 0.6 is 0 Å². The van der Waals surface area contributed by atoms with Crippen molar-refractivity contribution in [1.82, 2.24) is 5.06 Å². The zero-order chi connectivity index (χ0) is 10.8. The van der Waals surface area contributed by atoms with Crippen LogP contribution in [0.2, 0.25) is 0 Å². The summed E-state index contributed by atoms with van der Waals surface area (Å²) in [6.45, 7) is 1.66. The Morgan fingerprint density at radius 1 is 1.47 bits per heavy atom. The highest BCUT2D eigenvalue weighted by atomic mass is 16.7. The van der Waals surface area contributed by atoms with Crippen molar-refractivity contribution in [3.63, 3.8) is 0 Å². The van der Waals surface area contributed by atoms with Crippen LogP contribution < -0.4 is 9.47 Å². The van der Waals surface area contributed by atoms with E-state index in [-0.39, 0.29) is 13.3 Å². The van der Waals surface area contributed by atoms with E-state index in [0.717, 1.165) is 5.56 Å². The van der Waals surface area contributed by atoms with E-state index in [1.807, 2.05) is 0 Å². The molecule has 0 aliphatic carbocycles. The predicted octanol–water partition coefficient (Wildman–Crippen LogP) is 1.15. The highest BCUT2D eigenvalue weighted by molar-refractivity contribution is 5.71. The molecule has 0 aromatic heterocycles. The van der Waals surface area contributed by atoms with E-state index in [1.165, 1.54) is 6.92 Å². The summed E-state index contributed by atoms with van der Waals surface area (Å²) < 4.78 is 10.3. The summed E-state index contributed by atoms with van der Waals surface area (Å²) in [5.74, 6) is 0.934. The van der Waals surface area contributed by atoms with Crippen LogP contribution in [-0.4, -0.2) is 23.0 Å². The molecule has 1 N–H and O–H groups in total. The van der Waals surface area contributed by atoms with Crippen molar-refractivity contribution in [2.24, 2.45) is 0 Å². The standard InChI is InChI=1S/C10H11NO4/c1-7(12)11(13)5-8-2-3-9-10(4-8)15-6-14-9/h2-4,13H,5-6H2,1H3. The number of amides is 1.